The molecule has 0 spiro atoms. The number of hydrogen-bond donors (Lipinski definition) is 0. The van der Waals surface area contributed by atoms with E-state index in [4.69, 9.17) is 4.74 Å². The van der Waals surface area contributed by atoms with Gasteiger partial charge in [0, 0.05) is 39.2 Å². The Balaban J connectivity index is 1.90. The normalized spacial score (nSPS) is 11.7. The highest BCUT2D eigenvalue weighted by molar-refractivity contribution is 7.92. The summed E-state index contributed by atoms with van der Waals surface area (Å²) in [5, 5.41) is 0.341. The first-order chi connectivity index (χ1) is 18.1. The van der Waals surface area contributed by atoms with Gasteiger partial charge in [-0.05, 0) is 48.0 Å². The van der Waals surface area contributed by atoms with Gasteiger partial charge < -0.3 is 9.64 Å². The zero-order valence-corrected chi connectivity index (χ0v) is 22.1. The van der Waals surface area contributed by atoms with Gasteiger partial charge in [0.1, 0.15) is 23.3 Å². The number of pyridine rings is 1. The number of rotatable bonds is 9. The number of ether oxygens (including phenoxy) is 1. The quantitative estimate of drug-likeness (QED) is 0.156. The number of anilines is 1. The lowest BCUT2D eigenvalue weighted by Crippen LogP contribution is -2.34. The van der Waals surface area contributed by atoms with Crippen LogP contribution in [0.15, 0.2) is 70.8 Å². The van der Waals surface area contributed by atoms with Crippen LogP contribution in [0.5, 0.6) is 0 Å². The van der Waals surface area contributed by atoms with Crippen molar-refractivity contribution in [3.8, 4) is 21.7 Å². The summed E-state index contributed by atoms with van der Waals surface area (Å²) >= 11 is 1.21. The summed E-state index contributed by atoms with van der Waals surface area (Å²) in [7, 11) is 0.00753. The summed E-state index contributed by atoms with van der Waals surface area (Å²) in [6.07, 6.45) is 4.70. The second-order valence-corrected chi connectivity index (χ2v) is 10.9. The summed E-state index contributed by atoms with van der Waals surface area (Å²) in [4.78, 5) is 14.2. The maximum atomic E-state index is 16.2. The predicted molar refractivity (Wildman–Crippen MR) is 140 cm³/mol. The number of benzene rings is 2. The number of sulfonamides is 1. The van der Waals surface area contributed by atoms with Crippen LogP contribution in [-0.2, 0) is 14.8 Å². The fourth-order valence-electron chi connectivity index (χ4n) is 3.48. The fourth-order valence-corrected chi connectivity index (χ4v) is 5.87. The molecule has 0 bridgehead atoms. The number of aliphatic imine (C=N–C) groups is 1. The molecule has 0 radical (unpaired) electrons. The van der Waals surface area contributed by atoms with E-state index in [2.05, 4.69) is 15.0 Å². The molecule has 2 heterocycles. The number of methoxy groups -OCH3 is 1. The predicted octanol–water partition coefficient (Wildman–Crippen LogP) is 5.31. The number of aromatic nitrogens is 2. The molecule has 0 aliphatic carbocycles. The lowest BCUT2D eigenvalue weighted by atomic mass is 10.1. The Morgan fingerprint density at radius 1 is 1.08 bits per heavy atom. The monoisotopic (exact) mass is 561 g/mol. The van der Waals surface area contributed by atoms with Crippen molar-refractivity contribution in [2.24, 2.45) is 4.99 Å². The van der Waals surface area contributed by atoms with Crippen LogP contribution in [0.1, 0.15) is 0 Å². The molecule has 2 aromatic heterocycles. The van der Waals surface area contributed by atoms with Gasteiger partial charge in [0.2, 0.25) is 5.13 Å². The van der Waals surface area contributed by atoms with Gasteiger partial charge >= 0.3 is 0 Å². The molecule has 198 valence electrons. The Kier molecular flexibility index (Phi) is 8.09. The van der Waals surface area contributed by atoms with Gasteiger partial charge in [-0.15, -0.1) is 0 Å². The third-order valence-corrected chi connectivity index (χ3v) is 7.93. The zero-order chi connectivity index (χ0) is 27.4. The van der Waals surface area contributed by atoms with E-state index in [0.717, 1.165) is 6.07 Å². The minimum Gasteiger partial charge on any atom is -0.369 e. The average Bonchev–Trinajstić information content (AvgIpc) is 3.32. The van der Waals surface area contributed by atoms with Crippen molar-refractivity contribution in [2.75, 3.05) is 32.2 Å². The van der Waals surface area contributed by atoms with Crippen LogP contribution in [0, 0.1) is 17.5 Å². The summed E-state index contributed by atoms with van der Waals surface area (Å²) in [5.41, 5.74) is 0.470. The van der Waals surface area contributed by atoms with Crippen molar-refractivity contribution in [1.82, 2.24) is 14.9 Å². The lowest BCUT2D eigenvalue weighted by Gasteiger charge is -2.25. The zero-order valence-electron chi connectivity index (χ0n) is 20.5. The molecule has 0 unspecified atom stereocenters. The van der Waals surface area contributed by atoms with Crippen LogP contribution in [-0.4, -0.2) is 57.6 Å². The Labute approximate surface area is 221 Å². The molecule has 0 N–H and O–H groups in total. The number of hydrogen-bond acceptors (Lipinski definition) is 7. The Bertz CT molecular complexity index is 1580. The first-order valence-electron chi connectivity index (χ1n) is 11.0. The van der Waals surface area contributed by atoms with Gasteiger partial charge in [-0.3, -0.25) is 4.98 Å². The first kappa shape index (κ1) is 27.2. The van der Waals surface area contributed by atoms with Gasteiger partial charge in [-0.25, -0.2) is 35.9 Å². The maximum absolute atomic E-state index is 16.2. The van der Waals surface area contributed by atoms with E-state index in [1.54, 1.807) is 49.9 Å². The average molecular weight is 562 g/mol. The van der Waals surface area contributed by atoms with Gasteiger partial charge in [0.25, 0.3) is 10.0 Å². The van der Waals surface area contributed by atoms with Gasteiger partial charge in [0.05, 0.1) is 22.6 Å². The Morgan fingerprint density at radius 2 is 1.82 bits per heavy atom. The first-order valence-corrected chi connectivity index (χ1v) is 13.3. The maximum Gasteiger partial charge on any atom is 0.269 e. The summed E-state index contributed by atoms with van der Waals surface area (Å²) in [6, 6.07) is 9.55. The van der Waals surface area contributed by atoms with E-state index in [1.165, 1.54) is 36.6 Å². The molecular formula is C25H22F3N5O3S2. The fraction of sp³-hybridized carbons (Fsp3) is 0.160. The van der Waals surface area contributed by atoms with Crippen LogP contribution in [0.2, 0.25) is 0 Å². The summed E-state index contributed by atoms with van der Waals surface area (Å²) in [5.74, 6) is -3.10. The molecule has 0 aliphatic heterocycles. The van der Waals surface area contributed by atoms with Gasteiger partial charge in [-0.2, -0.15) is 0 Å². The molecule has 4 rings (SSSR count). The van der Waals surface area contributed by atoms with E-state index in [-0.39, 0.29) is 11.3 Å². The highest BCUT2D eigenvalue weighted by atomic mass is 32.2. The second-order valence-electron chi connectivity index (χ2n) is 8.10. The molecule has 0 saturated heterocycles. The van der Waals surface area contributed by atoms with Crippen molar-refractivity contribution in [1.29, 1.82) is 0 Å². The van der Waals surface area contributed by atoms with E-state index in [9.17, 15) is 17.2 Å². The Hall–Kier alpha value is -3.81. The minimum atomic E-state index is -4.77. The van der Waals surface area contributed by atoms with Crippen molar-refractivity contribution >= 4 is 38.5 Å². The Morgan fingerprint density at radius 3 is 2.50 bits per heavy atom. The van der Waals surface area contributed by atoms with Crippen LogP contribution in [0.3, 0.4) is 0 Å². The van der Waals surface area contributed by atoms with Gasteiger partial charge in [-0.1, -0.05) is 17.4 Å². The highest BCUT2D eigenvalue weighted by Crippen LogP contribution is 2.42. The van der Waals surface area contributed by atoms with E-state index in [1.807, 2.05) is 0 Å². The van der Waals surface area contributed by atoms with Crippen LogP contribution >= 0.6 is 11.3 Å². The minimum absolute atomic E-state index is 0.0205. The molecule has 0 fully saturated rings. The smallest absolute Gasteiger partial charge is 0.269 e. The van der Waals surface area contributed by atoms with E-state index < -0.39 is 44.8 Å². The van der Waals surface area contributed by atoms with E-state index >= 15 is 4.39 Å². The molecule has 0 aliphatic rings. The van der Waals surface area contributed by atoms with Crippen LogP contribution in [0.4, 0.5) is 24.0 Å². The SMILES string of the molecule is COCN(c1cccc(-c2nc(N=CN(C)C)sc2-c2ccncc2)c1F)S(=O)(=O)c1cc(F)ccc1F. The van der Waals surface area contributed by atoms with Crippen molar-refractivity contribution in [3.63, 3.8) is 0 Å². The van der Waals surface area contributed by atoms with Crippen molar-refractivity contribution in [2.45, 2.75) is 4.90 Å². The molecular weight excluding hydrogens is 539 g/mol. The topological polar surface area (TPSA) is 88.0 Å². The van der Waals surface area contributed by atoms with Gasteiger partial charge in [0.15, 0.2) is 5.82 Å². The molecule has 13 heteroatoms. The molecule has 0 atom stereocenters. The largest absolute Gasteiger partial charge is 0.369 e. The van der Waals surface area contributed by atoms with Crippen LogP contribution < -0.4 is 4.31 Å². The van der Waals surface area contributed by atoms with Crippen LogP contribution in [0.25, 0.3) is 21.7 Å². The lowest BCUT2D eigenvalue weighted by molar-refractivity contribution is 0.209. The summed E-state index contributed by atoms with van der Waals surface area (Å²) < 4.78 is 76.7. The van der Waals surface area contributed by atoms with Crippen molar-refractivity contribution < 1.29 is 26.3 Å². The van der Waals surface area contributed by atoms with Crippen molar-refractivity contribution in [3.05, 3.63) is 78.4 Å². The molecule has 38 heavy (non-hydrogen) atoms. The number of nitrogens with zero attached hydrogens (tertiary/aromatic N) is 5. The van der Waals surface area contributed by atoms with E-state index in [0.29, 0.717) is 32.0 Å². The standard InChI is InChI=1S/C25H22F3N5O3S2/c1-32(2)14-30-25-31-23(24(37-25)16-9-11-29-12-10-16)18-5-4-6-20(22(18)28)33(15-36-3)38(34,35)21-13-17(26)7-8-19(21)27/h4-14H,15H2,1-3H3. The molecule has 2 aromatic carbocycles. The third-order valence-electron chi connectivity index (χ3n) is 5.17. The molecule has 4 aromatic rings. The summed E-state index contributed by atoms with van der Waals surface area (Å²) in [6.45, 7) is -0.661. The molecule has 8 nitrogen and oxygen atoms in total. The second kappa shape index (κ2) is 11.3. The highest BCUT2D eigenvalue weighted by Gasteiger charge is 2.32. The number of halogens is 3. The third kappa shape index (κ3) is 5.54. The molecule has 0 saturated carbocycles. The molecule has 0 amide bonds. The number of thiazole rings is 1.